The highest BCUT2D eigenvalue weighted by molar-refractivity contribution is 5.73. The zero-order valence-corrected chi connectivity index (χ0v) is 12.2. The zero-order chi connectivity index (χ0) is 15.9. The van der Waals surface area contributed by atoms with Gasteiger partial charge in [0.25, 0.3) is 0 Å². The van der Waals surface area contributed by atoms with Crippen LogP contribution in [0.3, 0.4) is 0 Å². The van der Waals surface area contributed by atoms with Gasteiger partial charge in [-0.15, -0.1) is 6.42 Å². The Kier molecular flexibility index (Phi) is 5.05. The summed E-state index contributed by atoms with van der Waals surface area (Å²) in [6.45, 7) is 0.152. The maximum absolute atomic E-state index is 10.8. The maximum atomic E-state index is 10.8. The van der Waals surface area contributed by atoms with Gasteiger partial charge in [0, 0.05) is 0 Å². The van der Waals surface area contributed by atoms with Crippen LogP contribution in [0.5, 0.6) is 11.5 Å². The second-order valence-corrected chi connectivity index (χ2v) is 4.63. The molecule has 0 aromatic heterocycles. The van der Waals surface area contributed by atoms with Crippen molar-refractivity contribution in [2.45, 2.75) is 6.42 Å². The van der Waals surface area contributed by atoms with Crippen LogP contribution in [0, 0.1) is 12.3 Å². The van der Waals surface area contributed by atoms with Crippen LogP contribution in [0.1, 0.15) is 5.56 Å². The van der Waals surface area contributed by atoms with Gasteiger partial charge in [0.05, 0.1) is 13.5 Å². The number of terminal acetylenes is 1. The number of carboxylic acids is 1. The molecule has 112 valence electrons. The van der Waals surface area contributed by atoms with Crippen LogP contribution in [-0.4, -0.2) is 24.8 Å². The van der Waals surface area contributed by atoms with Crippen molar-refractivity contribution in [2.24, 2.45) is 0 Å². The third kappa shape index (κ3) is 3.80. The van der Waals surface area contributed by atoms with Crippen LogP contribution < -0.4 is 9.47 Å². The third-order valence-electron chi connectivity index (χ3n) is 3.09. The van der Waals surface area contributed by atoms with Crippen molar-refractivity contribution in [3.63, 3.8) is 0 Å². The first-order chi connectivity index (χ1) is 10.6. The molecule has 4 nitrogen and oxygen atoms in total. The van der Waals surface area contributed by atoms with Crippen LogP contribution in [-0.2, 0) is 11.2 Å². The minimum Gasteiger partial charge on any atom is -0.493 e. The van der Waals surface area contributed by atoms with Gasteiger partial charge < -0.3 is 14.6 Å². The molecule has 0 unspecified atom stereocenters. The lowest BCUT2D eigenvalue weighted by Gasteiger charge is -2.11. The summed E-state index contributed by atoms with van der Waals surface area (Å²) >= 11 is 0. The van der Waals surface area contributed by atoms with Gasteiger partial charge in [0.2, 0.25) is 0 Å². The Bertz CT molecular complexity index is 713. The molecule has 0 bridgehead atoms. The highest BCUT2D eigenvalue weighted by Gasteiger charge is 2.08. The minimum atomic E-state index is -0.857. The van der Waals surface area contributed by atoms with Gasteiger partial charge in [-0.3, -0.25) is 4.79 Å². The number of hydrogen-bond donors (Lipinski definition) is 1. The van der Waals surface area contributed by atoms with E-state index in [4.69, 9.17) is 21.0 Å². The Morgan fingerprint density at radius 3 is 2.64 bits per heavy atom. The van der Waals surface area contributed by atoms with Gasteiger partial charge >= 0.3 is 5.97 Å². The standard InChI is InChI=1S/C18H16O4/c1-3-9-22-17-12-15(7-8-16(17)21-2)14-6-4-5-13(10-14)11-18(19)20/h1,4-8,10,12H,9,11H2,2H3,(H,19,20). The molecule has 22 heavy (non-hydrogen) atoms. The molecule has 0 saturated carbocycles. The lowest BCUT2D eigenvalue weighted by atomic mass is 10.0. The van der Waals surface area contributed by atoms with E-state index >= 15 is 0 Å². The molecule has 2 aromatic rings. The molecule has 0 radical (unpaired) electrons. The molecule has 0 atom stereocenters. The van der Waals surface area contributed by atoms with E-state index in [2.05, 4.69) is 5.92 Å². The maximum Gasteiger partial charge on any atom is 0.307 e. The monoisotopic (exact) mass is 296 g/mol. The van der Waals surface area contributed by atoms with Crippen LogP contribution in [0.15, 0.2) is 42.5 Å². The van der Waals surface area contributed by atoms with Crippen LogP contribution in [0.4, 0.5) is 0 Å². The number of carbonyl (C=O) groups is 1. The number of aliphatic carboxylic acids is 1. The number of ether oxygens (including phenoxy) is 2. The summed E-state index contributed by atoms with van der Waals surface area (Å²) in [6, 6.07) is 12.9. The molecular weight excluding hydrogens is 280 g/mol. The zero-order valence-electron chi connectivity index (χ0n) is 12.2. The number of carboxylic acid groups (broad SMARTS) is 1. The predicted octanol–water partition coefficient (Wildman–Crippen LogP) is 3.00. The number of rotatable bonds is 6. The summed E-state index contributed by atoms with van der Waals surface area (Å²) in [7, 11) is 1.56. The SMILES string of the molecule is C#CCOc1cc(-c2cccc(CC(=O)O)c2)ccc1OC. The Balaban J connectivity index is 2.36. The van der Waals surface area contributed by atoms with Crippen LogP contribution in [0.25, 0.3) is 11.1 Å². The van der Waals surface area contributed by atoms with Crippen molar-refractivity contribution in [1.29, 1.82) is 0 Å². The number of methoxy groups -OCH3 is 1. The average molecular weight is 296 g/mol. The molecule has 0 aliphatic carbocycles. The quantitative estimate of drug-likeness (QED) is 0.833. The van der Waals surface area contributed by atoms with Gasteiger partial charge in [-0.25, -0.2) is 0 Å². The van der Waals surface area contributed by atoms with Gasteiger partial charge in [-0.1, -0.05) is 36.3 Å². The fraction of sp³-hybridized carbons (Fsp3) is 0.167. The Hall–Kier alpha value is -2.93. The van der Waals surface area contributed by atoms with Crippen molar-refractivity contribution in [3.05, 3.63) is 48.0 Å². The van der Waals surface area contributed by atoms with Crippen molar-refractivity contribution in [1.82, 2.24) is 0 Å². The molecule has 0 amide bonds. The van der Waals surface area contributed by atoms with Crippen LogP contribution in [0.2, 0.25) is 0 Å². The smallest absolute Gasteiger partial charge is 0.307 e. The lowest BCUT2D eigenvalue weighted by Crippen LogP contribution is -2.00. The lowest BCUT2D eigenvalue weighted by molar-refractivity contribution is -0.136. The molecule has 0 fully saturated rings. The first-order valence-corrected chi connectivity index (χ1v) is 6.69. The van der Waals surface area contributed by atoms with Gasteiger partial charge in [0.15, 0.2) is 11.5 Å². The summed E-state index contributed by atoms with van der Waals surface area (Å²) < 4.78 is 10.7. The fourth-order valence-electron chi connectivity index (χ4n) is 2.12. The number of hydrogen-bond acceptors (Lipinski definition) is 3. The second kappa shape index (κ2) is 7.19. The van der Waals surface area contributed by atoms with Crippen molar-refractivity contribution < 1.29 is 19.4 Å². The summed E-state index contributed by atoms with van der Waals surface area (Å²) in [4.78, 5) is 10.8. The summed E-state index contributed by atoms with van der Waals surface area (Å²) in [5, 5.41) is 8.88. The first kappa shape index (κ1) is 15.5. The Morgan fingerprint density at radius 1 is 1.18 bits per heavy atom. The van der Waals surface area contributed by atoms with E-state index in [1.165, 1.54) is 0 Å². The highest BCUT2D eigenvalue weighted by Crippen LogP contribution is 2.32. The molecule has 2 rings (SSSR count). The fourth-order valence-corrected chi connectivity index (χ4v) is 2.12. The molecular formula is C18H16O4. The summed E-state index contributed by atoms with van der Waals surface area (Å²) in [5.74, 6) is 2.71. The first-order valence-electron chi connectivity index (χ1n) is 6.69. The van der Waals surface area contributed by atoms with Crippen molar-refractivity contribution in [2.75, 3.05) is 13.7 Å². The van der Waals surface area contributed by atoms with Gasteiger partial charge in [-0.05, 0) is 28.8 Å². The molecule has 0 aliphatic heterocycles. The predicted molar refractivity (Wildman–Crippen MR) is 84.1 cm³/mol. The number of benzene rings is 2. The second-order valence-electron chi connectivity index (χ2n) is 4.63. The average Bonchev–Trinajstić information content (AvgIpc) is 2.52. The van der Waals surface area contributed by atoms with E-state index < -0.39 is 5.97 Å². The van der Waals surface area contributed by atoms with Crippen molar-refractivity contribution >= 4 is 5.97 Å². The van der Waals surface area contributed by atoms with E-state index in [1.807, 2.05) is 30.3 Å². The largest absolute Gasteiger partial charge is 0.493 e. The molecule has 0 heterocycles. The molecule has 4 heteroatoms. The van der Waals surface area contributed by atoms with Crippen molar-refractivity contribution in [3.8, 4) is 35.0 Å². The third-order valence-corrected chi connectivity index (χ3v) is 3.09. The summed E-state index contributed by atoms with van der Waals surface area (Å²) in [6.07, 6.45) is 5.20. The Morgan fingerprint density at radius 2 is 1.95 bits per heavy atom. The topological polar surface area (TPSA) is 55.8 Å². The Labute approximate surface area is 129 Å². The molecule has 2 aromatic carbocycles. The highest BCUT2D eigenvalue weighted by atomic mass is 16.5. The molecule has 0 aliphatic rings. The van der Waals surface area contributed by atoms with Gasteiger partial charge in [0.1, 0.15) is 6.61 Å². The van der Waals surface area contributed by atoms with Gasteiger partial charge in [-0.2, -0.15) is 0 Å². The molecule has 0 saturated heterocycles. The van der Waals surface area contributed by atoms with E-state index in [-0.39, 0.29) is 13.0 Å². The summed E-state index contributed by atoms with van der Waals surface area (Å²) in [5.41, 5.74) is 2.55. The van der Waals surface area contributed by atoms with E-state index in [9.17, 15) is 4.79 Å². The van der Waals surface area contributed by atoms with E-state index in [0.29, 0.717) is 11.5 Å². The van der Waals surface area contributed by atoms with E-state index in [1.54, 1.807) is 19.2 Å². The minimum absolute atomic E-state index is 0.00948. The molecule has 1 N–H and O–H groups in total. The van der Waals surface area contributed by atoms with Crippen LogP contribution >= 0.6 is 0 Å². The normalized spacial score (nSPS) is 9.82. The molecule has 0 spiro atoms. The van der Waals surface area contributed by atoms with E-state index in [0.717, 1.165) is 16.7 Å².